The van der Waals surface area contributed by atoms with Crippen LogP contribution in [0.2, 0.25) is 0 Å². The maximum atomic E-state index is 9.07. The van der Waals surface area contributed by atoms with Crippen molar-refractivity contribution in [1.82, 2.24) is 0 Å². The van der Waals surface area contributed by atoms with Crippen LogP contribution in [-0.2, 0) is 0 Å². The average Bonchev–Trinajstić information content (AvgIpc) is 2.47. The Morgan fingerprint density at radius 1 is 1.11 bits per heavy atom. The molecule has 0 unspecified atom stereocenters. The topological polar surface area (TPSA) is 47.6 Å². The Hall–Kier alpha value is -2.06. The van der Waals surface area contributed by atoms with Crippen molar-refractivity contribution in [1.29, 1.82) is 10.5 Å². The highest BCUT2D eigenvalue weighted by atomic mass is 14.3. The van der Waals surface area contributed by atoms with Crippen LogP contribution in [0, 0.1) is 28.6 Å². The van der Waals surface area contributed by atoms with Crippen LogP contribution >= 0.6 is 0 Å². The second kappa shape index (κ2) is 6.21. The first-order chi connectivity index (χ1) is 9.28. The summed E-state index contributed by atoms with van der Waals surface area (Å²) in [7, 11) is 0. The summed E-state index contributed by atoms with van der Waals surface area (Å²) in [6.45, 7) is 3.81. The van der Waals surface area contributed by atoms with Crippen molar-refractivity contribution in [3.05, 3.63) is 47.5 Å². The third kappa shape index (κ3) is 3.04. The van der Waals surface area contributed by atoms with Crippen LogP contribution in [0.3, 0.4) is 0 Å². The molecule has 1 saturated carbocycles. The molecule has 0 atom stereocenters. The standard InChI is InChI=1S/C17H18N2/c1-2-3-13-4-6-14(7-5-13)15-8-9-16(11-18)17(10-15)12-19/h2,8-10,13-14H,1,3-7H2/t13-,14-. The largest absolute Gasteiger partial charge is 0.192 e. The van der Waals surface area contributed by atoms with Gasteiger partial charge in [-0.1, -0.05) is 12.1 Å². The van der Waals surface area contributed by atoms with Gasteiger partial charge in [-0.15, -0.1) is 6.58 Å². The van der Waals surface area contributed by atoms with E-state index in [1.54, 1.807) is 6.07 Å². The second-order valence-electron chi connectivity index (χ2n) is 5.27. The number of benzene rings is 1. The molecule has 0 aliphatic heterocycles. The number of hydrogen-bond acceptors (Lipinski definition) is 2. The van der Waals surface area contributed by atoms with Gasteiger partial charge in [0.2, 0.25) is 0 Å². The fourth-order valence-electron chi connectivity index (χ4n) is 2.97. The van der Waals surface area contributed by atoms with Crippen molar-refractivity contribution in [3.8, 4) is 12.1 Å². The molecule has 96 valence electrons. The summed E-state index contributed by atoms with van der Waals surface area (Å²) in [6, 6.07) is 9.88. The summed E-state index contributed by atoms with van der Waals surface area (Å²) in [6.07, 6.45) is 7.95. The van der Waals surface area contributed by atoms with Crippen LogP contribution in [-0.4, -0.2) is 0 Å². The van der Waals surface area contributed by atoms with Gasteiger partial charge in [-0.05, 0) is 61.6 Å². The molecule has 2 rings (SSSR count). The third-order valence-corrected chi connectivity index (χ3v) is 4.10. The Bertz CT molecular complexity index is 537. The van der Waals surface area contributed by atoms with E-state index in [1.807, 2.05) is 18.2 Å². The Kier molecular flexibility index (Phi) is 4.37. The van der Waals surface area contributed by atoms with Crippen LogP contribution in [0.5, 0.6) is 0 Å². The molecule has 0 bridgehead atoms. The molecule has 1 fully saturated rings. The van der Waals surface area contributed by atoms with E-state index in [4.69, 9.17) is 10.5 Å². The van der Waals surface area contributed by atoms with E-state index in [0.717, 1.165) is 12.3 Å². The molecule has 0 saturated heterocycles. The first-order valence-electron chi connectivity index (χ1n) is 6.83. The van der Waals surface area contributed by atoms with Crippen molar-refractivity contribution in [3.63, 3.8) is 0 Å². The van der Waals surface area contributed by atoms with Crippen molar-refractivity contribution in [2.24, 2.45) is 5.92 Å². The van der Waals surface area contributed by atoms with Crippen LogP contribution in [0.25, 0.3) is 0 Å². The zero-order valence-electron chi connectivity index (χ0n) is 11.1. The summed E-state index contributed by atoms with van der Waals surface area (Å²) in [4.78, 5) is 0. The molecule has 0 amide bonds. The fourth-order valence-corrected chi connectivity index (χ4v) is 2.97. The van der Waals surface area contributed by atoms with E-state index in [2.05, 4.69) is 18.7 Å². The lowest BCUT2D eigenvalue weighted by atomic mass is 9.77. The first-order valence-corrected chi connectivity index (χ1v) is 6.83. The lowest BCUT2D eigenvalue weighted by Gasteiger charge is -2.28. The minimum Gasteiger partial charge on any atom is -0.192 e. The predicted octanol–water partition coefficient (Wildman–Crippen LogP) is 4.28. The minimum atomic E-state index is 0.478. The molecule has 1 aromatic rings. The molecular weight excluding hydrogens is 232 g/mol. The lowest BCUT2D eigenvalue weighted by Crippen LogP contribution is -2.13. The van der Waals surface area contributed by atoms with Gasteiger partial charge < -0.3 is 0 Å². The smallest absolute Gasteiger partial charge is 0.101 e. The summed E-state index contributed by atoms with van der Waals surface area (Å²) < 4.78 is 0. The summed E-state index contributed by atoms with van der Waals surface area (Å²) in [5.41, 5.74) is 2.20. The zero-order chi connectivity index (χ0) is 13.7. The summed E-state index contributed by atoms with van der Waals surface area (Å²) >= 11 is 0. The molecule has 1 aliphatic rings. The summed E-state index contributed by atoms with van der Waals surface area (Å²) in [5.74, 6) is 1.32. The minimum absolute atomic E-state index is 0.478. The van der Waals surface area contributed by atoms with Gasteiger partial charge in [0, 0.05) is 0 Å². The van der Waals surface area contributed by atoms with Gasteiger partial charge in [-0.25, -0.2) is 0 Å². The third-order valence-electron chi connectivity index (χ3n) is 4.10. The highest BCUT2D eigenvalue weighted by molar-refractivity contribution is 5.48. The van der Waals surface area contributed by atoms with Crippen LogP contribution in [0.15, 0.2) is 30.9 Å². The Morgan fingerprint density at radius 2 is 1.79 bits per heavy atom. The van der Waals surface area contributed by atoms with E-state index < -0.39 is 0 Å². The van der Waals surface area contributed by atoms with E-state index in [0.29, 0.717) is 17.0 Å². The van der Waals surface area contributed by atoms with Crippen LogP contribution in [0.1, 0.15) is 54.7 Å². The van der Waals surface area contributed by atoms with E-state index in [-0.39, 0.29) is 0 Å². The molecule has 19 heavy (non-hydrogen) atoms. The van der Waals surface area contributed by atoms with Gasteiger partial charge in [0.1, 0.15) is 12.1 Å². The molecule has 0 N–H and O–H groups in total. The Balaban J connectivity index is 2.10. The SMILES string of the molecule is C=CC[C@H]1CC[C@H](c2ccc(C#N)c(C#N)c2)CC1. The highest BCUT2D eigenvalue weighted by Crippen LogP contribution is 2.37. The number of allylic oxidation sites excluding steroid dienone is 1. The van der Waals surface area contributed by atoms with Crippen LogP contribution < -0.4 is 0 Å². The molecule has 1 aromatic carbocycles. The number of hydrogen-bond donors (Lipinski definition) is 0. The lowest BCUT2D eigenvalue weighted by molar-refractivity contribution is 0.328. The quantitative estimate of drug-likeness (QED) is 0.752. The molecule has 0 heterocycles. The van der Waals surface area contributed by atoms with Crippen molar-refractivity contribution in [2.45, 2.75) is 38.0 Å². The van der Waals surface area contributed by atoms with Gasteiger partial charge >= 0.3 is 0 Å². The van der Waals surface area contributed by atoms with Crippen molar-refractivity contribution < 1.29 is 0 Å². The molecule has 0 spiro atoms. The van der Waals surface area contributed by atoms with Gasteiger partial charge in [0.25, 0.3) is 0 Å². The highest BCUT2D eigenvalue weighted by Gasteiger charge is 2.22. The fraction of sp³-hybridized carbons (Fsp3) is 0.412. The van der Waals surface area contributed by atoms with E-state index in [1.165, 1.54) is 31.2 Å². The monoisotopic (exact) mass is 250 g/mol. The maximum Gasteiger partial charge on any atom is 0.101 e. The molecule has 0 radical (unpaired) electrons. The number of nitrogens with zero attached hydrogens (tertiary/aromatic N) is 2. The van der Waals surface area contributed by atoms with Gasteiger partial charge in [-0.2, -0.15) is 10.5 Å². The van der Waals surface area contributed by atoms with E-state index in [9.17, 15) is 0 Å². The van der Waals surface area contributed by atoms with Gasteiger partial charge in [-0.3, -0.25) is 0 Å². The molecule has 0 aromatic heterocycles. The maximum absolute atomic E-state index is 9.07. The van der Waals surface area contributed by atoms with Gasteiger partial charge in [0.15, 0.2) is 0 Å². The first kappa shape index (κ1) is 13.4. The average molecular weight is 250 g/mol. The molecular formula is C17H18N2. The Labute approximate surface area is 115 Å². The zero-order valence-corrected chi connectivity index (χ0v) is 11.1. The van der Waals surface area contributed by atoms with Crippen LogP contribution in [0.4, 0.5) is 0 Å². The summed E-state index contributed by atoms with van der Waals surface area (Å²) in [5, 5.41) is 18.0. The van der Waals surface area contributed by atoms with Gasteiger partial charge in [0.05, 0.1) is 11.1 Å². The van der Waals surface area contributed by atoms with Crippen molar-refractivity contribution >= 4 is 0 Å². The second-order valence-corrected chi connectivity index (χ2v) is 5.27. The number of rotatable bonds is 3. The predicted molar refractivity (Wildman–Crippen MR) is 75.4 cm³/mol. The molecule has 2 heteroatoms. The normalized spacial score (nSPS) is 22.2. The number of nitriles is 2. The Morgan fingerprint density at radius 3 is 2.37 bits per heavy atom. The van der Waals surface area contributed by atoms with E-state index >= 15 is 0 Å². The van der Waals surface area contributed by atoms with Crippen molar-refractivity contribution in [2.75, 3.05) is 0 Å². The molecule has 2 nitrogen and oxygen atoms in total. The molecule has 1 aliphatic carbocycles.